The molecule has 11 heavy (non-hydrogen) atoms. The van der Waals surface area contributed by atoms with E-state index in [0.29, 0.717) is 0 Å². The van der Waals surface area contributed by atoms with Crippen molar-refractivity contribution in [1.82, 2.24) is 0 Å². The molecule has 1 rings (SSSR count). The van der Waals surface area contributed by atoms with Gasteiger partial charge in [-0.15, -0.1) is 11.8 Å². The van der Waals surface area contributed by atoms with Crippen molar-refractivity contribution in [3.8, 4) is 0 Å². The molecule has 3 unspecified atom stereocenters. The van der Waals surface area contributed by atoms with Crippen LogP contribution in [0.2, 0.25) is 0 Å². The van der Waals surface area contributed by atoms with E-state index >= 15 is 0 Å². The quantitative estimate of drug-likeness (QED) is 0.396. The van der Waals surface area contributed by atoms with Crippen molar-refractivity contribution in [2.45, 2.75) is 23.6 Å². The highest BCUT2D eigenvalue weighted by atomic mass is 32.2. The maximum absolute atomic E-state index is 9.41. The molecule has 0 spiro atoms. The molecule has 0 aliphatic carbocycles. The first-order valence-corrected chi connectivity index (χ1v) is 4.39. The summed E-state index contributed by atoms with van der Waals surface area (Å²) in [6.07, 6.45) is -1.68. The molecule has 5 heteroatoms. The third kappa shape index (κ3) is 2.07. The Morgan fingerprint density at radius 1 is 1.36 bits per heavy atom. The van der Waals surface area contributed by atoms with Gasteiger partial charge in [-0.3, -0.25) is 0 Å². The zero-order valence-electron chi connectivity index (χ0n) is 5.97. The average molecular weight is 180 g/mol. The van der Waals surface area contributed by atoms with Gasteiger partial charge < -0.3 is 20.4 Å². The molecular weight excluding hydrogens is 168 g/mol. The van der Waals surface area contributed by atoms with E-state index < -0.39 is 17.1 Å². The van der Waals surface area contributed by atoms with E-state index in [1.807, 2.05) is 0 Å². The average Bonchev–Trinajstić information content (AvgIpc) is 1.98. The van der Waals surface area contributed by atoms with E-state index in [1.165, 1.54) is 0 Å². The molecule has 1 aliphatic heterocycles. The molecule has 3 atom stereocenters. The highest BCUT2D eigenvalue weighted by molar-refractivity contribution is 8.00. The second-order valence-electron chi connectivity index (χ2n) is 2.75. The molecule has 66 valence electrons. The Hall–Kier alpha value is 0.190. The highest BCUT2D eigenvalue weighted by Gasteiger charge is 2.38. The van der Waals surface area contributed by atoms with Crippen LogP contribution < -0.4 is 0 Å². The van der Waals surface area contributed by atoms with Crippen LogP contribution in [0, 0.1) is 0 Å². The second kappa shape index (κ2) is 3.28. The summed E-state index contributed by atoms with van der Waals surface area (Å²) in [4.78, 5) is -1.27. The first-order valence-electron chi connectivity index (χ1n) is 3.41. The Labute approximate surface area is 68.9 Å². The van der Waals surface area contributed by atoms with Crippen LogP contribution in [0.3, 0.4) is 0 Å². The number of hydrogen-bond donors (Lipinski definition) is 4. The van der Waals surface area contributed by atoms with Crippen molar-refractivity contribution < 1.29 is 20.4 Å². The van der Waals surface area contributed by atoms with Crippen LogP contribution in [0.25, 0.3) is 0 Å². The molecular formula is C6H12O4S. The van der Waals surface area contributed by atoms with Gasteiger partial charge in [0.15, 0.2) is 0 Å². The van der Waals surface area contributed by atoms with E-state index in [-0.39, 0.29) is 18.8 Å². The minimum Gasteiger partial charge on any atom is -0.392 e. The SMILES string of the molecule is OCC1(O)CC(O)C(O)CS1. The van der Waals surface area contributed by atoms with E-state index in [9.17, 15) is 5.11 Å². The second-order valence-corrected chi connectivity index (χ2v) is 4.14. The lowest BCUT2D eigenvalue weighted by Crippen LogP contribution is -2.45. The summed E-state index contributed by atoms with van der Waals surface area (Å²) in [6.45, 7) is -0.387. The van der Waals surface area contributed by atoms with Crippen molar-refractivity contribution in [1.29, 1.82) is 0 Å². The summed E-state index contributed by atoms with van der Waals surface area (Å²) >= 11 is 1.07. The number of aliphatic hydroxyl groups is 4. The molecule has 0 amide bonds. The number of rotatable bonds is 1. The van der Waals surface area contributed by atoms with Gasteiger partial charge in [0.25, 0.3) is 0 Å². The Bertz CT molecular complexity index is 143. The third-order valence-electron chi connectivity index (χ3n) is 1.74. The maximum atomic E-state index is 9.41. The fourth-order valence-electron chi connectivity index (χ4n) is 0.984. The van der Waals surface area contributed by atoms with Crippen LogP contribution in [0.5, 0.6) is 0 Å². The topological polar surface area (TPSA) is 80.9 Å². The lowest BCUT2D eigenvalue weighted by atomic mass is 10.1. The van der Waals surface area contributed by atoms with Gasteiger partial charge in [0.2, 0.25) is 0 Å². The van der Waals surface area contributed by atoms with Crippen LogP contribution in [-0.4, -0.2) is 49.9 Å². The highest BCUT2D eigenvalue weighted by Crippen LogP contribution is 2.33. The summed E-state index contributed by atoms with van der Waals surface area (Å²) in [5.41, 5.74) is 0. The molecule has 4 nitrogen and oxygen atoms in total. The van der Waals surface area contributed by atoms with Gasteiger partial charge in [-0.25, -0.2) is 0 Å². The number of thioether (sulfide) groups is 1. The smallest absolute Gasteiger partial charge is 0.136 e. The minimum atomic E-state index is -1.27. The first kappa shape index (κ1) is 9.28. The number of aliphatic hydroxyl groups excluding tert-OH is 3. The molecule has 1 heterocycles. The molecule has 0 saturated carbocycles. The minimum absolute atomic E-state index is 0.0231. The zero-order valence-corrected chi connectivity index (χ0v) is 6.79. The molecule has 0 aromatic rings. The van der Waals surface area contributed by atoms with Gasteiger partial charge in [0, 0.05) is 12.2 Å². The van der Waals surface area contributed by atoms with Gasteiger partial charge in [0.05, 0.1) is 18.8 Å². The Morgan fingerprint density at radius 2 is 2.00 bits per heavy atom. The lowest BCUT2D eigenvalue weighted by Gasteiger charge is -2.35. The number of hydrogen-bond acceptors (Lipinski definition) is 5. The van der Waals surface area contributed by atoms with E-state index in [4.69, 9.17) is 15.3 Å². The van der Waals surface area contributed by atoms with Gasteiger partial charge in [-0.2, -0.15) is 0 Å². The molecule has 1 fully saturated rings. The summed E-state index contributed by atoms with van der Waals surface area (Å²) in [7, 11) is 0. The van der Waals surface area contributed by atoms with Crippen molar-refractivity contribution in [3.05, 3.63) is 0 Å². The molecule has 0 aromatic carbocycles. The van der Waals surface area contributed by atoms with Crippen LogP contribution in [0.15, 0.2) is 0 Å². The Kier molecular flexibility index (Phi) is 2.77. The largest absolute Gasteiger partial charge is 0.392 e. The molecule has 0 bridgehead atoms. The van der Waals surface area contributed by atoms with Crippen molar-refractivity contribution >= 4 is 11.8 Å². The lowest BCUT2D eigenvalue weighted by molar-refractivity contribution is -0.0375. The van der Waals surface area contributed by atoms with E-state index in [0.717, 1.165) is 11.8 Å². The predicted molar refractivity (Wildman–Crippen MR) is 41.1 cm³/mol. The van der Waals surface area contributed by atoms with Crippen molar-refractivity contribution in [3.63, 3.8) is 0 Å². The van der Waals surface area contributed by atoms with E-state index in [1.54, 1.807) is 0 Å². The standard InChI is InChI=1S/C6H12O4S/c7-3-6(10)1-4(8)5(9)2-11-6/h4-5,7-10H,1-3H2. The molecule has 4 N–H and O–H groups in total. The first-order chi connectivity index (χ1) is 5.07. The summed E-state index contributed by atoms with van der Waals surface area (Å²) in [6, 6.07) is 0. The van der Waals surface area contributed by atoms with Crippen LogP contribution in [-0.2, 0) is 0 Å². The van der Waals surface area contributed by atoms with Crippen LogP contribution in [0.4, 0.5) is 0 Å². The van der Waals surface area contributed by atoms with Crippen LogP contribution in [0.1, 0.15) is 6.42 Å². The zero-order chi connectivity index (χ0) is 8.48. The van der Waals surface area contributed by atoms with Crippen molar-refractivity contribution in [2.24, 2.45) is 0 Å². The Morgan fingerprint density at radius 3 is 2.45 bits per heavy atom. The van der Waals surface area contributed by atoms with Crippen LogP contribution >= 0.6 is 11.8 Å². The van der Waals surface area contributed by atoms with Gasteiger partial charge in [0.1, 0.15) is 4.93 Å². The van der Waals surface area contributed by atoms with Gasteiger partial charge in [-0.05, 0) is 0 Å². The normalized spacial score (nSPS) is 45.8. The molecule has 0 aromatic heterocycles. The predicted octanol–water partition coefficient (Wildman–Crippen LogP) is -1.47. The van der Waals surface area contributed by atoms with Crippen molar-refractivity contribution in [2.75, 3.05) is 12.4 Å². The monoisotopic (exact) mass is 180 g/mol. The Balaban J connectivity index is 2.51. The summed E-state index contributed by atoms with van der Waals surface area (Å²) in [5, 5.41) is 36.3. The van der Waals surface area contributed by atoms with E-state index in [2.05, 4.69) is 0 Å². The third-order valence-corrected chi connectivity index (χ3v) is 3.08. The molecule has 0 radical (unpaired) electrons. The molecule has 1 saturated heterocycles. The fourth-order valence-corrected chi connectivity index (χ4v) is 2.07. The maximum Gasteiger partial charge on any atom is 0.136 e. The van der Waals surface area contributed by atoms with Gasteiger partial charge >= 0.3 is 0 Å². The van der Waals surface area contributed by atoms with Gasteiger partial charge in [-0.1, -0.05) is 0 Å². The fraction of sp³-hybridized carbons (Fsp3) is 1.00. The summed E-state index contributed by atoms with van der Waals surface area (Å²) in [5.74, 6) is 0.262. The summed E-state index contributed by atoms with van der Waals surface area (Å²) < 4.78 is 0. The molecule has 1 aliphatic rings.